The Morgan fingerprint density at radius 2 is 2.06 bits per heavy atom. The monoisotopic (exact) mass is 325 g/mol. The van der Waals surface area contributed by atoms with Gasteiger partial charge in [0.1, 0.15) is 12.4 Å². The first kappa shape index (κ1) is 13.4. The van der Waals surface area contributed by atoms with Crippen molar-refractivity contribution in [1.29, 1.82) is 0 Å². The summed E-state index contributed by atoms with van der Waals surface area (Å²) < 4.78 is 5.01. The second-order valence-electron chi connectivity index (χ2n) is 4.02. The lowest BCUT2D eigenvalue weighted by atomic mass is 10.2. The lowest BCUT2D eigenvalue weighted by Gasteiger charge is -2.00. The van der Waals surface area contributed by atoms with Gasteiger partial charge in [0.2, 0.25) is 0 Å². The van der Waals surface area contributed by atoms with Crippen LogP contribution in [0.5, 0.6) is 0 Å². The van der Waals surface area contributed by atoms with E-state index in [2.05, 4.69) is 15.9 Å². The number of imidazole rings is 1. The van der Waals surface area contributed by atoms with Crippen LogP contribution in [0.25, 0.3) is 0 Å². The van der Waals surface area contributed by atoms with Crippen LogP contribution >= 0.6 is 27.7 Å². The zero-order valence-corrected chi connectivity index (χ0v) is 12.7. The molecule has 0 unspecified atom stereocenters. The van der Waals surface area contributed by atoms with E-state index in [9.17, 15) is 4.79 Å². The Balaban J connectivity index is 2.03. The normalized spacial score (nSPS) is 10.6. The molecule has 0 bridgehead atoms. The van der Waals surface area contributed by atoms with Crippen LogP contribution in [-0.4, -0.2) is 16.1 Å². The second kappa shape index (κ2) is 5.71. The number of Topliss-reactive ketones (excluding diaryl/α,β-unsaturated/α-hetero) is 1. The fourth-order valence-corrected chi connectivity index (χ4v) is 2.85. The summed E-state index contributed by atoms with van der Waals surface area (Å²) in [6, 6.07) is 7.47. The molecule has 0 saturated heterocycles. The molecule has 0 N–H and O–H groups in total. The Labute approximate surface area is 119 Å². The molecule has 2 aromatic rings. The third-order valence-electron chi connectivity index (χ3n) is 2.62. The van der Waals surface area contributed by atoms with Crippen molar-refractivity contribution in [2.24, 2.45) is 14.1 Å². The zero-order chi connectivity index (χ0) is 13.1. The van der Waals surface area contributed by atoms with E-state index < -0.39 is 0 Å². The third kappa shape index (κ3) is 3.03. The van der Waals surface area contributed by atoms with E-state index in [1.807, 2.05) is 59.9 Å². The molecule has 0 aliphatic heterocycles. The van der Waals surface area contributed by atoms with Crippen LogP contribution in [0.3, 0.4) is 0 Å². The van der Waals surface area contributed by atoms with E-state index in [1.54, 1.807) is 11.8 Å². The highest BCUT2D eigenvalue weighted by molar-refractivity contribution is 9.10. The van der Waals surface area contributed by atoms with Crippen LogP contribution in [0.15, 0.2) is 46.3 Å². The molecule has 0 spiro atoms. The lowest BCUT2D eigenvalue weighted by molar-refractivity contribution is -0.709. The van der Waals surface area contributed by atoms with Crippen LogP contribution in [0, 0.1) is 0 Å². The predicted octanol–water partition coefficient (Wildman–Crippen LogP) is 2.59. The number of ketones is 1. The summed E-state index contributed by atoms with van der Waals surface area (Å²) in [4.78, 5) is 12.0. The molecule has 1 aromatic carbocycles. The number of carbonyl (C=O) groups excluding carboxylic acids is 1. The molecule has 0 aliphatic rings. The largest absolute Gasteiger partial charge is 0.317 e. The number of nitrogens with zero attached hydrogens (tertiary/aromatic N) is 2. The summed E-state index contributed by atoms with van der Waals surface area (Å²) in [5, 5.41) is 1.07. The number of thioether (sulfide) groups is 1. The maximum absolute atomic E-state index is 12.0. The molecule has 18 heavy (non-hydrogen) atoms. The molecule has 0 fully saturated rings. The smallest absolute Gasteiger partial charge is 0.293 e. The highest BCUT2D eigenvalue weighted by Gasteiger charge is 2.15. The molecule has 0 atom stereocenters. The standard InChI is InChI=1S/C13H14BrN2OS/c1-15-7-8-16(2)13(15)18-9-12(17)10-3-5-11(14)6-4-10/h3-8H,9H2,1-2H3/q+1. The van der Waals surface area contributed by atoms with Crippen molar-refractivity contribution in [2.45, 2.75) is 5.16 Å². The molecule has 2 rings (SSSR count). The topological polar surface area (TPSA) is 25.9 Å². The van der Waals surface area contributed by atoms with Crippen LogP contribution in [-0.2, 0) is 14.1 Å². The summed E-state index contributed by atoms with van der Waals surface area (Å²) in [6.07, 6.45) is 3.96. The van der Waals surface area contributed by atoms with E-state index in [4.69, 9.17) is 0 Å². The molecule has 0 saturated carbocycles. The van der Waals surface area contributed by atoms with Crippen LogP contribution in [0.2, 0.25) is 0 Å². The van der Waals surface area contributed by atoms with E-state index in [0.29, 0.717) is 5.75 Å². The van der Waals surface area contributed by atoms with Gasteiger partial charge >= 0.3 is 5.16 Å². The maximum Gasteiger partial charge on any atom is 0.317 e. The van der Waals surface area contributed by atoms with E-state index in [0.717, 1.165) is 15.2 Å². The fraction of sp³-hybridized carbons (Fsp3) is 0.231. The average molecular weight is 326 g/mol. The van der Waals surface area contributed by atoms with Gasteiger partial charge in [0.15, 0.2) is 5.78 Å². The number of halogens is 1. The summed E-state index contributed by atoms with van der Waals surface area (Å²) in [5.41, 5.74) is 0.752. The first-order valence-electron chi connectivity index (χ1n) is 5.50. The molecule has 0 radical (unpaired) electrons. The lowest BCUT2D eigenvalue weighted by Crippen LogP contribution is -2.29. The van der Waals surface area contributed by atoms with Crippen molar-refractivity contribution >= 4 is 33.5 Å². The highest BCUT2D eigenvalue weighted by atomic mass is 79.9. The molecule has 0 amide bonds. The van der Waals surface area contributed by atoms with Crippen molar-refractivity contribution in [3.8, 4) is 0 Å². The Hall–Kier alpha value is -1.07. The van der Waals surface area contributed by atoms with Crippen molar-refractivity contribution < 1.29 is 9.36 Å². The van der Waals surface area contributed by atoms with Gasteiger partial charge in [-0.2, -0.15) is 0 Å². The van der Waals surface area contributed by atoms with Gasteiger partial charge in [0, 0.05) is 10.0 Å². The number of aryl methyl sites for hydroxylation is 2. The first-order chi connectivity index (χ1) is 8.58. The van der Waals surface area contributed by atoms with Crippen LogP contribution in [0.4, 0.5) is 0 Å². The summed E-state index contributed by atoms with van der Waals surface area (Å²) in [7, 11) is 3.96. The minimum atomic E-state index is 0.147. The van der Waals surface area contributed by atoms with Gasteiger partial charge in [-0.15, -0.1) is 0 Å². The number of carbonyl (C=O) groups is 1. The molecule has 3 nitrogen and oxygen atoms in total. The number of aromatic nitrogens is 2. The van der Waals surface area contributed by atoms with E-state index >= 15 is 0 Å². The Kier molecular flexibility index (Phi) is 4.24. The molecule has 1 heterocycles. The average Bonchev–Trinajstić information content (AvgIpc) is 2.67. The minimum Gasteiger partial charge on any atom is -0.293 e. The number of hydrogen-bond donors (Lipinski definition) is 0. The van der Waals surface area contributed by atoms with Gasteiger partial charge in [-0.25, -0.2) is 9.13 Å². The Morgan fingerprint density at radius 3 is 2.61 bits per heavy atom. The quantitative estimate of drug-likeness (QED) is 0.490. The summed E-state index contributed by atoms with van der Waals surface area (Å²) in [6.45, 7) is 0. The Bertz CT molecular complexity index is 543. The molecule has 0 aliphatic carbocycles. The number of benzene rings is 1. The van der Waals surface area contributed by atoms with Gasteiger partial charge in [-0.05, 0) is 23.9 Å². The predicted molar refractivity (Wildman–Crippen MR) is 75.8 cm³/mol. The van der Waals surface area contributed by atoms with Crippen LogP contribution < -0.4 is 4.57 Å². The molecule has 5 heteroatoms. The number of rotatable bonds is 4. The van der Waals surface area contributed by atoms with Gasteiger partial charge in [-0.1, -0.05) is 28.1 Å². The third-order valence-corrected chi connectivity index (χ3v) is 4.39. The van der Waals surface area contributed by atoms with E-state index in [-0.39, 0.29) is 5.78 Å². The Morgan fingerprint density at radius 1 is 1.39 bits per heavy atom. The van der Waals surface area contributed by atoms with Crippen molar-refractivity contribution in [2.75, 3.05) is 5.75 Å². The number of hydrogen-bond acceptors (Lipinski definition) is 2. The summed E-state index contributed by atoms with van der Waals surface area (Å²) in [5.74, 6) is 0.599. The van der Waals surface area contributed by atoms with Gasteiger partial charge in [-0.3, -0.25) is 4.79 Å². The van der Waals surface area contributed by atoms with E-state index in [1.165, 1.54) is 0 Å². The minimum absolute atomic E-state index is 0.147. The fourth-order valence-electron chi connectivity index (χ4n) is 1.63. The van der Waals surface area contributed by atoms with Gasteiger partial charge in [0.05, 0.1) is 19.8 Å². The van der Waals surface area contributed by atoms with Crippen molar-refractivity contribution in [3.63, 3.8) is 0 Å². The molecular formula is C13H14BrN2OS+. The molecule has 94 valence electrons. The first-order valence-corrected chi connectivity index (χ1v) is 7.28. The molecule has 1 aromatic heterocycles. The highest BCUT2D eigenvalue weighted by Crippen LogP contribution is 2.16. The molecular weight excluding hydrogens is 312 g/mol. The SMILES string of the molecule is Cn1cc[n+](C)c1SCC(=O)c1ccc(Br)cc1. The van der Waals surface area contributed by atoms with Crippen molar-refractivity contribution in [1.82, 2.24) is 4.57 Å². The summed E-state index contributed by atoms with van der Waals surface area (Å²) >= 11 is 4.91. The van der Waals surface area contributed by atoms with Crippen LogP contribution in [0.1, 0.15) is 10.4 Å². The van der Waals surface area contributed by atoms with Gasteiger partial charge < -0.3 is 0 Å². The van der Waals surface area contributed by atoms with Crippen molar-refractivity contribution in [3.05, 3.63) is 46.7 Å². The van der Waals surface area contributed by atoms with Gasteiger partial charge in [0.25, 0.3) is 0 Å². The zero-order valence-electron chi connectivity index (χ0n) is 10.3. The second-order valence-corrected chi connectivity index (χ2v) is 5.88. The maximum atomic E-state index is 12.0.